The van der Waals surface area contributed by atoms with Gasteiger partial charge in [0.2, 0.25) is 53.2 Å². The maximum Gasteiger partial charge on any atom is 0.243 e. The largest absolute Gasteiger partial charge is 0.494 e. The highest BCUT2D eigenvalue weighted by molar-refractivity contribution is 7.85. The Hall–Kier alpha value is -6.64. The van der Waals surface area contributed by atoms with Crippen LogP contribution in [-0.4, -0.2) is 181 Å². The molecule has 25 nitrogen and oxygen atoms in total. The van der Waals surface area contributed by atoms with Crippen molar-refractivity contribution in [2.45, 2.75) is 140 Å². The minimum atomic E-state index is -2.34. The third kappa shape index (κ3) is 15.1. The van der Waals surface area contributed by atoms with Crippen molar-refractivity contribution in [1.82, 2.24) is 41.4 Å². The number of amides is 9. The van der Waals surface area contributed by atoms with Crippen LogP contribution in [0.3, 0.4) is 0 Å². The Kier molecular flexibility index (Phi) is 21.2. The number of carbonyl (C=O) groups is 11. The molecule has 9 amide bonds. The van der Waals surface area contributed by atoms with E-state index >= 15 is 4.21 Å². The summed E-state index contributed by atoms with van der Waals surface area (Å²) in [5, 5.41) is 44.7. The summed E-state index contributed by atoms with van der Waals surface area (Å²) < 4.78 is 21.1. The van der Waals surface area contributed by atoms with Gasteiger partial charge in [0, 0.05) is 74.4 Å². The molecular formula is C52H73N9O16S. The summed E-state index contributed by atoms with van der Waals surface area (Å²) in [5.41, 5.74) is 6.12. The van der Waals surface area contributed by atoms with Gasteiger partial charge in [-0.25, -0.2) is 0 Å². The van der Waals surface area contributed by atoms with E-state index in [0.717, 1.165) is 17.7 Å². The Morgan fingerprint density at radius 2 is 1.54 bits per heavy atom. The number of nitrogens with zero attached hydrogens (tertiary/aromatic N) is 2. The highest BCUT2D eigenvalue weighted by atomic mass is 32.2. The predicted octanol–water partition coefficient (Wildman–Crippen LogP) is -2.11. The minimum absolute atomic E-state index is 0.0685. The lowest BCUT2D eigenvalue weighted by molar-refractivity contribution is -0.145. The van der Waals surface area contributed by atoms with Crippen molar-refractivity contribution in [1.29, 1.82) is 0 Å². The van der Waals surface area contributed by atoms with Crippen LogP contribution in [0.4, 0.5) is 0 Å². The van der Waals surface area contributed by atoms with Gasteiger partial charge in [-0.15, -0.1) is 0 Å². The van der Waals surface area contributed by atoms with E-state index in [1.54, 1.807) is 39.0 Å². The summed E-state index contributed by atoms with van der Waals surface area (Å²) in [7, 11) is -2.34. The molecule has 26 heteroatoms. The number of aromatic nitrogens is 1. The third-order valence-corrected chi connectivity index (χ3v) is 16.6. The number of likely N-dealkylation sites (tertiary alicyclic amines) is 1. The van der Waals surface area contributed by atoms with Gasteiger partial charge in [-0.3, -0.25) is 61.8 Å². The molecule has 6 rings (SSSR count). The van der Waals surface area contributed by atoms with Gasteiger partial charge in [0.05, 0.1) is 78.6 Å². The predicted molar refractivity (Wildman–Crippen MR) is 277 cm³/mol. The van der Waals surface area contributed by atoms with E-state index in [9.17, 15) is 68.1 Å². The summed E-state index contributed by atoms with van der Waals surface area (Å²) in [6, 6.07) is -1.27. The Morgan fingerprint density at radius 1 is 0.846 bits per heavy atom. The standard InChI is InChI=1S/C52H73N9O16S/c1-5-26(2)45-49(73)55-21-42(68)56-36-25-78(76)50-34(33-11-10-32(20-35(33)57-50)77-13-9-7-6-8-12-60-44(70)14-27(3)51(60)74)15-29(47(71)54-22-43(69)58-45)16-39(65)46(28(4)40(66)24-62)59-48(72)37-19-31(63)23-61(37)52(75)30(17-38(36)64)18-41(53)67/h10-11,20,26-31,36-37,40,45-46,57,62-63,66H,5-9,12-19,21-25H2,1-4H3,(H2,53,67)(H,54,71)(H,55,73)(H,56,68)(H,58,69)(H,59,72)/t26-,27?,28-,29+,30-,31?,36-,37-,40-,45-,46-,78?/m0/s1. The number of aliphatic hydroxyl groups excluding tert-OH is 3. The molecule has 3 unspecified atom stereocenters. The normalized spacial score (nSPS) is 27.8. The Bertz CT molecular complexity index is 2660. The van der Waals surface area contributed by atoms with Crippen molar-refractivity contribution >= 4 is 86.4 Å². The molecule has 0 saturated carbocycles. The van der Waals surface area contributed by atoms with Gasteiger partial charge in [-0.2, -0.15) is 0 Å². The zero-order valence-corrected chi connectivity index (χ0v) is 45.2. The number of Topliss-reactive ketones (excluding diaryl/α,β-unsaturated/α-hetero) is 2. The fourth-order valence-corrected chi connectivity index (χ4v) is 11.8. The lowest BCUT2D eigenvalue weighted by atomic mass is 9.85. The number of benzene rings is 1. The number of primary amides is 1. The molecule has 4 aliphatic rings. The molecule has 0 aliphatic carbocycles. The zero-order valence-electron chi connectivity index (χ0n) is 44.3. The number of ether oxygens (including phenoxy) is 1. The number of ketones is 2. The first-order valence-electron chi connectivity index (χ1n) is 26.6. The van der Waals surface area contributed by atoms with Crippen molar-refractivity contribution in [2.75, 3.05) is 45.1 Å². The number of hydrogen-bond acceptors (Lipinski definition) is 16. The average molecular weight is 1110 g/mol. The van der Waals surface area contributed by atoms with Crippen LogP contribution >= 0.6 is 0 Å². The Balaban J connectivity index is 1.43. The number of fused-ring (bicyclic) bond motifs is 5. The smallest absolute Gasteiger partial charge is 0.243 e. The van der Waals surface area contributed by atoms with Gasteiger partial charge in [-0.05, 0) is 42.9 Å². The van der Waals surface area contributed by atoms with E-state index in [2.05, 4.69) is 31.6 Å². The summed E-state index contributed by atoms with van der Waals surface area (Å²) in [6.07, 6.45) is -2.74. The maximum atomic E-state index is 15.0. The van der Waals surface area contributed by atoms with Crippen LogP contribution in [-0.2, 0) is 70.0 Å². The minimum Gasteiger partial charge on any atom is -0.494 e. The van der Waals surface area contributed by atoms with Crippen LogP contribution in [0.2, 0.25) is 0 Å². The number of carbonyl (C=O) groups excluding carboxylic acids is 11. The van der Waals surface area contributed by atoms with E-state index in [1.165, 1.54) is 11.8 Å². The van der Waals surface area contributed by atoms with Crippen LogP contribution in [0, 0.1) is 29.6 Å². The molecule has 2 saturated heterocycles. The summed E-state index contributed by atoms with van der Waals surface area (Å²) in [5.74, 6) is -14.0. The SMILES string of the molecule is CC[C@H](C)[C@@H]1NC(=O)CNC(=O)[C@H]2CC(=O)[C@H]([C@@H](C)[C@@H](O)CO)NC(=O)[C@@H]3CC(O)CN3C(=O)[C@H](CC(N)=O)CC(=O)[C@H](CS(=O)c3[nH]c4cc(OCCCCCCN5C(=O)CC(C)C5=O)ccc4c3C2)NC(=O)CNC1=O. The molecule has 2 bridgehead atoms. The summed E-state index contributed by atoms with van der Waals surface area (Å²) in [4.78, 5) is 156. The van der Waals surface area contributed by atoms with Gasteiger partial charge in [0.1, 0.15) is 22.9 Å². The molecule has 1 aromatic heterocycles. The van der Waals surface area contributed by atoms with Crippen LogP contribution in [0.5, 0.6) is 5.75 Å². The molecular weight excluding hydrogens is 1040 g/mol. The van der Waals surface area contributed by atoms with Gasteiger partial charge in [0.15, 0.2) is 11.6 Å². The van der Waals surface area contributed by atoms with Gasteiger partial charge >= 0.3 is 0 Å². The van der Waals surface area contributed by atoms with Crippen LogP contribution in [0.1, 0.15) is 97.5 Å². The van der Waals surface area contributed by atoms with E-state index in [4.69, 9.17) is 10.5 Å². The van der Waals surface area contributed by atoms with Gasteiger partial charge in [0.25, 0.3) is 0 Å². The molecule has 1 aromatic carbocycles. The average Bonchev–Trinajstić information content (AvgIpc) is 4.10. The number of aromatic amines is 1. The molecule has 428 valence electrons. The lowest BCUT2D eigenvalue weighted by Crippen LogP contribution is -2.56. The topological polar surface area (TPSA) is 383 Å². The molecule has 12 atom stereocenters. The Morgan fingerprint density at radius 3 is 2.21 bits per heavy atom. The first-order chi connectivity index (χ1) is 37.0. The second-order valence-corrected chi connectivity index (χ2v) is 22.4. The van der Waals surface area contributed by atoms with Crippen molar-refractivity contribution in [3.05, 3.63) is 23.8 Å². The maximum absolute atomic E-state index is 15.0. The van der Waals surface area contributed by atoms with E-state index in [0.29, 0.717) is 42.5 Å². The molecule has 5 heterocycles. The molecule has 78 heavy (non-hydrogen) atoms. The van der Waals surface area contributed by atoms with Crippen molar-refractivity contribution in [3.63, 3.8) is 0 Å². The molecule has 2 fully saturated rings. The number of nitrogens with two attached hydrogens (primary N) is 1. The highest BCUT2D eigenvalue weighted by Gasteiger charge is 2.45. The van der Waals surface area contributed by atoms with E-state index < -0.39 is 181 Å². The number of H-pyrrole nitrogens is 1. The number of imide groups is 1. The van der Waals surface area contributed by atoms with E-state index in [1.807, 2.05) is 0 Å². The first kappa shape index (κ1) is 60.6. The first-order valence-corrected chi connectivity index (χ1v) is 27.9. The molecule has 11 N–H and O–H groups in total. The molecule has 0 radical (unpaired) electrons. The third-order valence-electron chi connectivity index (χ3n) is 15.1. The van der Waals surface area contributed by atoms with Crippen LogP contribution < -0.4 is 37.1 Å². The zero-order chi connectivity index (χ0) is 57.1. The quantitative estimate of drug-likeness (QED) is 0.0674. The lowest BCUT2D eigenvalue weighted by Gasteiger charge is -2.32. The van der Waals surface area contributed by atoms with E-state index in [-0.39, 0.29) is 47.8 Å². The van der Waals surface area contributed by atoms with Gasteiger partial charge < -0.3 is 62.3 Å². The van der Waals surface area contributed by atoms with Crippen molar-refractivity contribution < 1.29 is 77.0 Å². The fraction of sp³-hybridized carbons (Fsp3) is 0.635. The van der Waals surface area contributed by atoms with Crippen molar-refractivity contribution in [3.8, 4) is 5.75 Å². The molecule has 2 aromatic rings. The number of nitrogens with one attached hydrogen (secondary N) is 6. The van der Waals surface area contributed by atoms with Crippen LogP contribution in [0.25, 0.3) is 10.9 Å². The molecule has 4 aliphatic heterocycles. The fourth-order valence-electron chi connectivity index (χ4n) is 10.3. The Labute approximate surface area is 453 Å². The number of aliphatic hydroxyl groups is 3. The summed E-state index contributed by atoms with van der Waals surface area (Å²) in [6.45, 7) is 4.32. The summed E-state index contributed by atoms with van der Waals surface area (Å²) >= 11 is 0. The highest BCUT2D eigenvalue weighted by Crippen LogP contribution is 2.33. The second-order valence-electron chi connectivity index (χ2n) is 21.0. The molecule has 0 spiro atoms. The second kappa shape index (κ2) is 27.3. The number of hydrogen-bond donors (Lipinski definition) is 10. The van der Waals surface area contributed by atoms with Gasteiger partial charge in [-0.1, -0.05) is 47.0 Å². The number of rotatable bonds is 15. The van der Waals surface area contributed by atoms with Crippen molar-refractivity contribution in [2.24, 2.45) is 35.3 Å². The number of unbranched alkanes of at least 4 members (excludes halogenated alkanes) is 3. The monoisotopic (exact) mass is 1110 g/mol. The van der Waals surface area contributed by atoms with Crippen LogP contribution in [0.15, 0.2) is 23.2 Å².